The highest BCUT2D eigenvalue weighted by atomic mass is 32.2. The van der Waals surface area contributed by atoms with E-state index in [2.05, 4.69) is 5.32 Å². The Morgan fingerprint density at radius 2 is 1.69 bits per heavy atom. The summed E-state index contributed by atoms with van der Waals surface area (Å²) in [5.41, 5.74) is 2.03. The highest BCUT2D eigenvalue weighted by Crippen LogP contribution is 2.20. The maximum Gasteiger partial charge on any atom is 0.242 e. The van der Waals surface area contributed by atoms with Crippen LogP contribution in [0.25, 0.3) is 0 Å². The van der Waals surface area contributed by atoms with E-state index in [0.29, 0.717) is 12.3 Å². The normalized spacial score (nSPS) is 12.5. The van der Waals surface area contributed by atoms with Gasteiger partial charge in [-0.1, -0.05) is 31.2 Å². The molecule has 0 saturated carbocycles. The first kappa shape index (κ1) is 25.6. The molecule has 0 fully saturated rings. The highest BCUT2D eigenvalue weighted by Gasteiger charge is 2.26. The van der Waals surface area contributed by atoms with Crippen molar-refractivity contribution in [1.29, 1.82) is 0 Å². The molecule has 2 unspecified atom stereocenters. The molecule has 0 spiro atoms. The number of nitrogens with zero attached hydrogens (tertiary/aromatic N) is 1. The lowest BCUT2D eigenvalue weighted by atomic mass is 10.1. The molecule has 2 amide bonds. The molecule has 6 nitrogen and oxygen atoms in total. The van der Waals surface area contributed by atoms with Crippen molar-refractivity contribution in [3.63, 3.8) is 0 Å². The molecule has 7 heteroatoms. The maximum absolute atomic E-state index is 13.2. The van der Waals surface area contributed by atoms with Gasteiger partial charge in [0.1, 0.15) is 17.5 Å². The van der Waals surface area contributed by atoms with Gasteiger partial charge in [-0.15, -0.1) is 11.8 Å². The fraction of sp³-hybridized carbons (Fsp3) is 0.440. The molecule has 0 heterocycles. The number of amides is 2. The first-order valence-electron chi connectivity index (χ1n) is 10.8. The highest BCUT2D eigenvalue weighted by molar-refractivity contribution is 7.99. The zero-order valence-corrected chi connectivity index (χ0v) is 20.4. The van der Waals surface area contributed by atoms with Crippen LogP contribution in [0.2, 0.25) is 0 Å². The Bertz CT molecular complexity index is 873. The molecule has 2 aromatic rings. The first-order valence-corrected chi connectivity index (χ1v) is 12.0. The molecule has 0 aliphatic carbocycles. The van der Waals surface area contributed by atoms with Crippen LogP contribution in [0, 0.1) is 0 Å². The van der Waals surface area contributed by atoms with E-state index in [0.717, 1.165) is 29.0 Å². The molecule has 0 bridgehead atoms. The zero-order valence-electron chi connectivity index (χ0n) is 19.6. The Morgan fingerprint density at radius 3 is 2.31 bits per heavy atom. The fourth-order valence-electron chi connectivity index (χ4n) is 3.08. The summed E-state index contributed by atoms with van der Waals surface area (Å²) in [6.45, 7) is 6.10. The third-order valence-corrected chi connectivity index (χ3v) is 6.30. The fourth-order valence-corrected chi connectivity index (χ4v) is 3.95. The number of hydrogen-bond acceptors (Lipinski definition) is 5. The van der Waals surface area contributed by atoms with Crippen LogP contribution < -0.4 is 14.8 Å². The third-order valence-electron chi connectivity index (χ3n) is 5.31. The van der Waals surface area contributed by atoms with Gasteiger partial charge < -0.3 is 19.7 Å². The van der Waals surface area contributed by atoms with E-state index in [-0.39, 0.29) is 23.6 Å². The summed E-state index contributed by atoms with van der Waals surface area (Å²) in [6, 6.07) is 14.9. The lowest BCUT2D eigenvalue weighted by Crippen LogP contribution is -2.50. The van der Waals surface area contributed by atoms with E-state index < -0.39 is 6.04 Å². The maximum atomic E-state index is 13.2. The van der Waals surface area contributed by atoms with Gasteiger partial charge in [-0.25, -0.2) is 0 Å². The monoisotopic (exact) mass is 458 g/mol. The van der Waals surface area contributed by atoms with Gasteiger partial charge in [0.25, 0.3) is 0 Å². The summed E-state index contributed by atoms with van der Waals surface area (Å²) < 4.78 is 10.5. The molecule has 1 N–H and O–H groups in total. The van der Waals surface area contributed by atoms with Gasteiger partial charge in [0.15, 0.2) is 0 Å². The van der Waals surface area contributed by atoms with Crippen LogP contribution in [-0.2, 0) is 21.9 Å². The lowest BCUT2D eigenvalue weighted by Gasteiger charge is -2.29. The predicted octanol–water partition coefficient (Wildman–Crippen LogP) is 4.27. The Labute approximate surface area is 195 Å². The van der Waals surface area contributed by atoms with Gasteiger partial charge in [0.2, 0.25) is 11.8 Å². The van der Waals surface area contributed by atoms with Crippen LogP contribution in [0.5, 0.6) is 11.5 Å². The minimum absolute atomic E-state index is 0.0585. The van der Waals surface area contributed by atoms with E-state index in [1.807, 2.05) is 62.4 Å². The SMILES string of the molecule is CCC(C)NC(=O)C(C)N(Cc1cccc(OC)c1)C(=O)CSCc1ccc(OC)cc1. The number of thioether (sulfide) groups is 1. The molecule has 174 valence electrons. The molecule has 0 aliphatic heterocycles. The summed E-state index contributed by atoms with van der Waals surface area (Å²) in [6.07, 6.45) is 0.833. The van der Waals surface area contributed by atoms with Crippen LogP contribution in [0.1, 0.15) is 38.3 Å². The average molecular weight is 459 g/mol. The Hall–Kier alpha value is -2.67. The molecule has 2 rings (SSSR count). The van der Waals surface area contributed by atoms with Gasteiger partial charge in [0, 0.05) is 18.3 Å². The Morgan fingerprint density at radius 1 is 1.00 bits per heavy atom. The Kier molecular flexibility index (Phi) is 10.4. The van der Waals surface area contributed by atoms with Crippen LogP contribution in [0.4, 0.5) is 0 Å². The van der Waals surface area contributed by atoms with Crippen molar-refractivity contribution in [2.24, 2.45) is 0 Å². The molecule has 2 aromatic carbocycles. The number of nitrogens with one attached hydrogen (secondary N) is 1. The van der Waals surface area contributed by atoms with Gasteiger partial charge in [0.05, 0.1) is 20.0 Å². The summed E-state index contributed by atoms with van der Waals surface area (Å²) in [5, 5.41) is 2.99. The number of hydrogen-bond donors (Lipinski definition) is 1. The van der Waals surface area contributed by atoms with E-state index in [1.54, 1.807) is 26.0 Å². The summed E-state index contributed by atoms with van der Waals surface area (Å²) in [5.74, 6) is 2.31. The standard InChI is InChI=1S/C25H34N2O4S/c1-6-18(2)26-25(29)19(3)27(15-21-8-7-9-23(14-21)31-5)24(28)17-32-16-20-10-12-22(30-4)13-11-20/h7-14,18-19H,6,15-17H2,1-5H3,(H,26,29). The van der Waals surface area contributed by atoms with E-state index in [4.69, 9.17) is 9.47 Å². The van der Waals surface area contributed by atoms with E-state index in [9.17, 15) is 9.59 Å². The van der Waals surface area contributed by atoms with E-state index in [1.165, 1.54) is 11.8 Å². The molecule has 2 atom stereocenters. The van der Waals surface area contributed by atoms with Crippen molar-refractivity contribution >= 4 is 23.6 Å². The first-order chi connectivity index (χ1) is 15.4. The summed E-state index contributed by atoms with van der Waals surface area (Å²) in [7, 11) is 3.25. The molecule has 0 aromatic heterocycles. The van der Waals surface area contributed by atoms with Crippen molar-refractivity contribution in [3.8, 4) is 11.5 Å². The number of carbonyl (C=O) groups excluding carboxylic acids is 2. The molecular weight excluding hydrogens is 424 g/mol. The quantitative estimate of drug-likeness (QED) is 0.515. The van der Waals surface area contributed by atoms with Crippen LogP contribution in [0.15, 0.2) is 48.5 Å². The second kappa shape index (κ2) is 13.0. The number of ether oxygens (including phenoxy) is 2. The van der Waals surface area contributed by atoms with Crippen molar-refractivity contribution < 1.29 is 19.1 Å². The minimum Gasteiger partial charge on any atom is -0.497 e. The van der Waals surface area contributed by atoms with Gasteiger partial charge in [-0.2, -0.15) is 0 Å². The van der Waals surface area contributed by atoms with Crippen molar-refractivity contribution in [1.82, 2.24) is 10.2 Å². The molecule has 0 radical (unpaired) electrons. The van der Waals surface area contributed by atoms with Gasteiger partial charge in [-0.05, 0) is 55.7 Å². The molecule has 0 aliphatic rings. The second-order valence-electron chi connectivity index (χ2n) is 7.71. The average Bonchev–Trinajstić information content (AvgIpc) is 2.82. The smallest absolute Gasteiger partial charge is 0.242 e. The number of carbonyl (C=O) groups is 2. The van der Waals surface area contributed by atoms with Crippen LogP contribution >= 0.6 is 11.8 Å². The van der Waals surface area contributed by atoms with Gasteiger partial charge >= 0.3 is 0 Å². The summed E-state index contributed by atoms with van der Waals surface area (Å²) in [4.78, 5) is 27.6. The molecule has 32 heavy (non-hydrogen) atoms. The summed E-state index contributed by atoms with van der Waals surface area (Å²) >= 11 is 1.53. The van der Waals surface area contributed by atoms with E-state index >= 15 is 0 Å². The molecular formula is C25H34N2O4S. The topological polar surface area (TPSA) is 67.9 Å². The van der Waals surface area contributed by atoms with Gasteiger partial charge in [-0.3, -0.25) is 9.59 Å². The van der Waals surface area contributed by atoms with Crippen molar-refractivity contribution in [2.45, 2.75) is 51.6 Å². The predicted molar refractivity (Wildman–Crippen MR) is 130 cm³/mol. The second-order valence-corrected chi connectivity index (χ2v) is 8.69. The van der Waals surface area contributed by atoms with Crippen LogP contribution in [-0.4, -0.2) is 48.8 Å². The Balaban J connectivity index is 2.08. The number of rotatable bonds is 12. The van der Waals surface area contributed by atoms with Crippen molar-refractivity contribution in [3.05, 3.63) is 59.7 Å². The number of methoxy groups -OCH3 is 2. The van der Waals surface area contributed by atoms with Crippen LogP contribution in [0.3, 0.4) is 0 Å². The number of benzene rings is 2. The largest absolute Gasteiger partial charge is 0.497 e. The lowest BCUT2D eigenvalue weighted by molar-refractivity contribution is -0.138. The molecule has 0 saturated heterocycles. The minimum atomic E-state index is -0.579. The van der Waals surface area contributed by atoms with Crippen molar-refractivity contribution in [2.75, 3.05) is 20.0 Å². The zero-order chi connectivity index (χ0) is 23.5. The third kappa shape index (κ3) is 7.79.